The minimum Gasteiger partial charge on any atom is -0.264 e. The Balaban J connectivity index is 2.61. The van der Waals surface area contributed by atoms with Crippen molar-refractivity contribution in [3.8, 4) is 0 Å². The lowest BCUT2D eigenvalue weighted by Gasteiger charge is -1.92. The maximum atomic E-state index is 3.97. The van der Waals surface area contributed by atoms with E-state index in [1.54, 1.807) is 6.20 Å². The molecule has 0 saturated heterocycles. The van der Waals surface area contributed by atoms with Crippen LogP contribution in [0.5, 0.6) is 0 Å². The normalized spacial score (nSPS) is 9.44. The van der Waals surface area contributed by atoms with Gasteiger partial charge in [0.25, 0.3) is 0 Å². The standard InChI is InChI=1S/C8H10N/c1-2-4-8-5-3-6-9-7-8/h3-7H,2H2,1H3. The third-order valence-electron chi connectivity index (χ3n) is 1.12. The Morgan fingerprint density at radius 1 is 1.67 bits per heavy atom. The van der Waals surface area contributed by atoms with E-state index < -0.39 is 0 Å². The number of aromatic nitrogens is 1. The van der Waals surface area contributed by atoms with E-state index in [0.29, 0.717) is 0 Å². The Kier molecular flexibility index (Phi) is 2.25. The van der Waals surface area contributed by atoms with Crippen molar-refractivity contribution in [3.05, 3.63) is 36.5 Å². The highest BCUT2D eigenvalue weighted by molar-refractivity contribution is 5.17. The average Bonchev–Trinajstić information content (AvgIpc) is 1.91. The predicted molar refractivity (Wildman–Crippen MR) is 37.9 cm³/mol. The van der Waals surface area contributed by atoms with E-state index >= 15 is 0 Å². The van der Waals surface area contributed by atoms with Gasteiger partial charge in [0.2, 0.25) is 0 Å². The van der Waals surface area contributed by atoms with Crippen LogP contribution in [0, 0.1) is 6.42 Å². The Bertz CT molecular complexity index is 157. The second-order valence-electron chi connectivity index (χ2n) is 1.90. The van der Waals surface area contributed by atoms with Crippen LogP contribution in [0.15, 0.2) is 24.5 Å². The third kappa shape index (κ3) is 1.84. The Hall–Kier alpha value is -0.850. The Morgan fingerprint density at radius 3 is 3.11 bits per heavy atom. The van der Waals surface area contributed by atoms with Gasteiger partial charge in [0.1, 0.15) is 0 Å². The van der Waals surface area contributed by atoms with Crippen molar-refractivity contribution in [1.82, 2.24) is 4.98 Å². The van der Waals surface area contributed by atoms with Crippen LogP contribution in [0.3, 0.4) is 0 Å². The van der Waals surface area contributed by atoms with Crippen molar-refractivity contribution in [1.29, 1.82) is 0 Å². The van der Waals surface area contributed by atoms with Gasteiger partial charge >= 0.3 is 0 Å². The SMILES string of the molecule is CC[CH]c1cccnc1. The summed E-state index contributed by atoms with van der Waals surface area (Å²) in [6, 6.07) is 4.00. The summed E-state index contributed by atoms with van der Waals surface area (Å²) in [6.07, 6.45) is 6.87. The lowest BCUT2D eigenvalue weighted by Crippen LogP contribution is -1.78. The molecule has 0 amide bonds. The van der Waals surface area contributed by atoms with Gasteiger partial charge in [0.15, 0.2) is 0 Å². The highest BCUT2D eigenvalue weighted by atomic mass is 14.6. The third-order valence-corrected chi connectivity index (χ3v) is 1.12. The fraction of sp³-hybridized carbons (Fsp3) is 0.250. The molecule has 47 valence electrons. The van der Waals surface area contributed by atoms with Crippen LogP contribution in [0.4, 0.5) is 0 Å². The van der Waals surface area contributed by atoms with Crippen LogP contribution in [0.1, 0.15) is 18.9 Å². The molecule has 0 fully saturated rings. The Labute approximate surface area is 55.7 Å². The molecule has 1 radical (unpaired) electrons. The lowest BCUT2D eigenvalue weighted by atomic mass is 10.2. The average molecular weight is 120 g/mol. The zero-order chi connectivity index (χ0) is 6.53. The molecule has 1 aromatic rings. The first-order valence-electron chi connectivity index (χ1n) is 3.16. The van der Waals surface area contributed by atoms with Crippen LogP contribution in [-0.4, -0.2) is 4.98 Å². The molecule has 0 unspecified atom stereocenters. The second kappa shape index (κ2) is 3.23. The fourth-order valence-corrected chi connectivity index (χ4v) is 0.732. The summed E-state index contributed by atoms with van der Waals surface area (Å²) in [5.41, 5.74) is 1.21. The van der Waals surface area contributed by atoms with Crippen molar-refractivity contribution in [2.75, 3.05) is 0 Å². The summed E-state index contributed by atoms with van der Waals surface area (Å²) in [5.74, 6) is 0. The lowest BCUT2D eigenvalue weighted by molar-refractivity contribution is 1.11. The van der Waals surface area contributed by atoms with Gasteiger partial charge < -0.3 is 0 Å². The van der Waals surface area contributed by atoms with E-state index in [1.807, 2.05) is 12.3 Å². The number of nitrogens with zero attached hydrogens (tertiary/aromatic N) is 1. The maximum absolute atomic E-state index is 3.97. The molecule has 0 aliphatic carbocycles. The van der Waals surface area contributed by atoms with Gasteiger partial charge in [0.05, 0.1) is 0 Å². The molecule has 1 nitrogen and oxygen atoms in total. The summed E-state index contributed by atoms with van der Waals surface area (Å²) in [7, 11) is 0. The zero-order valence-corrected chi connectivity index (χ0v) is 5.54. The van der Waals surface area contributed by atoms with Crippen molar-refractivity contribution in [2.24, 2.45) is 0 Å². The quantitative estimate of drug-likeness (QED) is 0.582. The van der Waals surface area contributed by atoms with Gasteiger partial charge in [0, 0.05) is 12.4 Å². The van der Waals surface area contributed by atoms with Crippen LogP contribution in [-0.2, 0) is 0 Å². The van der Waals surface area contributed by atoms with Crippen LogP contribution in [0.2, 0.25) is 0 Å². The highest BCUT2D eigenvalue weighted by Gasteiger charge is 1.86. The molecule has 0 spiro atoms. The van der Waals surface area contributed by atoms with Gasteiger partial charge in [-0.15, -0.1) is 0 Å². The van der Waals surface area contributed by atoms with E-state index in [4.69, 9.17) is 0 Å². The molecule has 0 N–H and O–H groups in total. The molecule has 0 aromatic carbocycles. The van der Waals surface area contributed by atoms with Crippen LogP contribution < -0.4 is 0 Å². The topological polar surface area (TPSA) is 12.9 Å². The highest BCUT2D eigenvalue weighted by Crippen LogP contribution is 2.00. The van der Waals surface area contributed by atoms with E-state index in [0.717, 1.165) is 6.42 Å². The van der Waals surface area contributed by atoms with Gasteiger partial charge in [-0.05, 0) is 24.5 Å². The van der Waals surface area contributed by atoms with E-state index in [2.05, 4.69) is 24.4 Å². The molecule has 1 aromatic heterocycles. The monoisotopic (exact) mass is 120 g/mol. The first-order chi connectivity index (χ1) is 4.43. The van der Waals surface area contributed by atoms with E-state index in [-0.39, 0.29) is 0 Å². The van der Waals surface area contributed by atoms with Gasteiger partial charge in [-0.3, -0.25) is 4.98 Å². The summed E-state index contributed by atoms with van der Waals surface area (Å²) in [5, 5.41) is 0. The molecular weight excluding hydrogens is 110 g/mol. The van der Waals surface area contributed by atoms with Gasteiger partial charge in [-0.2, -0.15) is 0 Å². The number of pyridine rings is 1. The number of rotatable bonds is 2. The zero-order valence-electron chi connectivity index (χ0n) is 5.54. The first kappa shape index (κ1) is 6.27. The van der Waals surface area contributed by atoms with Crippen molar-refractivity contribution >= 4 is 0 Å². The Morgan fingerprint density at radius 2 is 2.56 bits per heavy atom. The predicted octanol–water partition coefficient (Wildman–Crippen LogP) is 2.04. The van der Waals surface area contributed by atoms with Crippen molar-refractivity contribution in [2.45, 2.75) is 13.3 Å². The van der Waals surface area contributed by atoms with Crippen LogP contribution in [0.25, 0.3) is 0 Å². The molecule has 1 heterocycles. The largest absolute Gasteiger partial charge is 0.264 e. The molecule has 0 bridgehead atoms. The smallest absolute Gasteiger partial charge is 0.0302 e. The molecular formula is C8H10N. The second-order valence-corrected chi connectivity index (χ2v) is 1.90. The van der Waals surface area contributed by atoms with Gasteiger partial charge in [-0.1, -0.05) is 13.0 Å². The van der Waals surface area contributed by atoms with Crippen molar-refractivity contribution < 1.29 is 0 Å². The molecule has 1 rings (SSSR count). The van der Waals surface area contributed by atoms with Crippen LogP contribution >= 0.6 is 0 Å². The first-order valence-corrected chi connectivity index (χ1v) is 3.16. The molecule has 0 aliphatic rings. The minimum atomic E-state index is 1.08. The van der Waals surface area contributed by atoms with E-state index in [1.165, 1.54) is 5.56 Å². The summed E-state index contributed by atoms with van der Waals surface area (Å²) in [6.45, 7) is 2.12. The minimum absolute atomic E-state index is 1.08. The maximum Gasteiger partial charge on any atom is 0.0302 e. The molecule has 9 heavy (non-hydrogen) atoms. The fourth-order valence-electron chi connectivity index (χ4n) is 0.732. The summed E-state index contributed by atoms with van der Waals surface area (Å²) < 4.78 is 0. The van der Waals surface area contributed by atoms with Crippen molar-refractivity contribution in [3.63, 3.8) is 0 Å². The number of hydrogen-bond donors (Lipinski definition) is 0. The molecule has 1 heteroatoms. The summed E-state index contributed by atoms with van der Waals surface area (Å²) >= 11 is 0. The van der Waals surface area contributed by atoms with Gasteiger partial charge in [-0.25, -0.2) is 0 Å². The number of hydrogen-bond acceptors (Lipinski definition) is 1. The van der Waals surface area contributed by atoms with E-state index in [9.17, 15) is 0 Å². The summed E-state index contributed by atoms with van der Waals surface area (Å²) in [4.78, 5) is 3.97. The molecule has 0 aliphatic heterocycles. The molecule has 0 atom stereocenters. The molecule has 0 saturated carbocycles.